The minimum atomic E-state index is -1.21. The lowest BCUT2D eigenvalue weighted by Crippen LogP contribution is -2.37. The molecule has 1 aromatic heterocycles. The van der Waals surface area contributed by atoms with Gasteiger partial charge in [-0.05, 0) is 30.9 Å². The van der Waals surface area contributed by atoms with E-state index in [2.05, 4.69) is 10.9 Å². The fraction of sp³-hybridized carbons (Fsp3) is 0.429. The van der Waals surface area contributed by atoms with Crippen LogP contribution in [0.2, 0.25) is 0 Å². The summed E-state index contributed by atoms with van der Waals surface area (Å²) in [6.07, 6.45) is 11.2. The van der Waals surface area contributed by atoms with Crippen molar-refractivity contribution in [3.8, 4) is 12.3 Å². The molecular weight excluding hydrogens is 260 g/mol. The smallest absolute Gasteiger partial charge is 0.330 e. The van der Waals surface area contributed by atoms with Crippen molar-refractivity contribution in [3.63, 3.8) is 0 Å². The van der Waals surface area contributed by atoms with Crippen molar-refractivity contribution in [1.82, 2.24) is 9.55 Å². The molecule has 20 heavy (non-hydrogen) atoms. The Hall–Kier alpha value is -2.10. The van der Waals surface area contributed by atoms with Crippen molar-refractivity contribution in [3.05, 3.63) is 44.8 Å². The highest BCUT2D eigenvalue weighted by Crippen LogP contribution is 2.38. The summed E-state index contributed by atoms with van der Waals surface area (Å²) in [4.78, 5) is 25.9. The van der Waals surface area contributed by atoms with E-state index in [1.54, 1.807) is 12.2 Å². The van der Waals surface area contributed by atoms with E-state index < -0.39 is 17.5 Å². The van der Waals surface area contributed by atoms with E-state index >= 15 is 0 Å². The van der Waals surface area contributed by atoms with Crippen molar-refractivity contribution in [2.45, 2.75) is 30.6 Å². The van der Waals surface area contributed by atoms with E-state index in [9.17, 15) is 14.7 Å². The number of terminal acetylenes is 1. The van der Waals surface area contributed by atoms with Crippen LogP contribution in [0.25, 0.3) is 0 Å². The summed E-state index contributed by atoms with van der Waals surface area (Å²) in [6.45, 7) is -0.371. The van der Waals surface area contributed by atoms with Crippen LogP contribution in [0.4, 0.5) is 0 Å². The molecule has 0 radical (unpaired) electrons. The zero-order valence-corrected chi connectivity index (χ0v) is 10.7. The van der Waals surface area contributed by atoms with Gasteiger partial charge in [0.2, 0.25) is 0 Å². The third-order valence-electron chi connectivity index (χ3n) is 3.63. The molecule has 1 aliphatic carbocycles. The minimum absolute atomic E-state index is 0.214. The van der Waals surface area contributed by atoms with Crippen LogP contribution in [0, 0.1) is 12.3 Å². The highest BCUT2D eigenvalue weighted by Gasteiger charge is 2.35. The van der Waals surface area contributed by atoms with Gasteiger partial charge in [-0.1, -0.05) is 5.92 Å². The zero-order chi connectivity index (χ0) is 14.3. The maximum Gasteiger partial charge on any atom is 0.330 e. The molecule has 0 spiro atoms. The number of aliphatic hydroxyl groups excluding tert-OH is 1. The Morgan fingerprint density at radius 3 is 2.85 bits per heavy atom. The lowest BCUT2D eigenvalue weighted by molar-refractivity contribution is -0.0503. The first-order chi connectivity index (χ1) is 9.58. The van der Waals surface area contributed by atoms with Crippen molar-refractivity contribution >= 4 is 0 Å². The molecule has 104 valence electrons. The first-order valence-electron chi connectivity index (χ1n) is 6.40. The Morgan fingerprint density at radius 2 is 2.30 bits per heavy atom. The van der Waals surface area contributed by atoms with E-state index in [4.69, 9.17) is 11.2 Å². The maximum absolute atomic E-state index is 11.9. The normalized spacial score (nSPS) is 28.5. The lowest BCUT2D eigenvalue weighted by atomic mass is 10.1. The van der Waals surface area contributed by atoms with Crippen LogP contribution in [0.1, 0.15) is 30.6 Å². The molecule has 1 fully saturated rings. The second-order valence-electron chi connectivity index (χ2n) is 5.08. The summed E-state index contributed by atoms with van der Waals surface area (Å²) in [5.41, 5.74) is -1.52. The van der Waals surface area contributed by atoms with Gasteiger partial charge in [0.05, 0.1) is 6.61 Å². The molecular formula is C14H14N2O4. The maximum atomic E-state index is 11.9. The number of ether oxygens (including phenoxy) is 1. The van der Waals surface area contributed by atoms with Gasteiger partial charge in [0, 0.05) is 11.8 Å². The molecule has 2 aliphatic rings. The van der Waals surface area contributed by atoms with Crippen LogP contribution in [0.5, 0.6) is 0 Å². The molecule has 0 amide bonds. The molecule has 1 aliphatic heterocycles. The third kappa shape index (κ3) is 2.01. The van der Waals surface area contributed by atoms with Crippen LogP contribution in [0.3, 0.4) is 0 Å². The summed E-state index contributed by atoms with van der Waals surface area (Å²) in [5.74, 6) is 2.58. The summed E-state index contributed by atoms with van der Waals surface area (Å²) in [6, 6.07) is 0. The predicted molar refractivity (Wildman–Crippen MR) is 71.2 cm³/mol. The first kappa shape index (κ1) is 12.9. The van der Waals surface area contributed by atoms with Gasteiger partial charge in [-0.25, -0.2) is 4.79 Å². The second-order valence-corrected chi connectivity index (χ2v) is 5.08. The Labute approximate surface area is 114 Å². The molecule has 1 aromatic rings. The lowest BCUT2D eigenvalue weighted by Gasteiger charge is -2.22. The van der Waals surface area contributed by atoms with E-state index in [0.29, 0.717) is 5.56 Å². The average molecular weight is 274 g/mol. The van der Waals surface area contributed by atoms with Crippen molar-refractivity contribution < 1.29 is 9.84 Å². The third-order valence-corrected chi connectivity index (χ3v) is 3.63. The molecule has 2 N–H and O–H groups in total. The van der Waals surface area contributed by atoms with Crippen molar-refractivity contribution in [2.75, 3.05) is 6.61 Å². The molecule has 3 rings (SSSR count). The number of H-pyrrole nitrogens is 1. The number of nitrogens with zero attached hydrogens (tertiary/aromatic N) is 1. The van der Waals surface area contributed by atoms with Crippen LogP contribution >= 0.6 is 0 Å². The second kappa shape index (κ2) is 4.47. The van der Waals surface area contributed by atoms with Crippen LogP contribution in [-0.2, 0) is 4.74 Å². The van der Waals surface area contributed by atoms with Gasteiger partial charge in [-0.3, -0.25) is 14.3 Å². The van der Waals surface area contributed by atoms with Gasteiger partial charge in [-0.2, -0.15) is 0 Å². The SMILES string of the molecule is C#C[C@@]1(CO)C=C[C@H](n2cc(C3CC3)c(=O)[nH]c2=O)O1. The van der Waals surface area contributed by atoms with E-state index in [0.717, 1.165) is 12.8 Å². The molecule has 2 atom stereocenters. The molecule has 0 aromatic carbocycles. The number of rotatable bonds is 3. The molecule has 0 saturated heterocycles. The summed E-state index contributed by atoms with van der Waals surface area (Å²) in [5, 5.41) is 9.28. The molecule has 2 heterocycles. The van der Waals surface area contributed by atoms with E-state index in [-0.39, 0.29) is 18.1 Å². The standard InChI is InChI=1S/C14H14N2O4/c1-2-14(8-17)6-5-11(20-14)16-7-10(9-3-4-9)12(18)15-13(16)19/h1,5-7,9,11,17H,3-4,8H2,(H,15,18,19)/t11-,14+/m1/s1. The number of aliphatic hydroxyl groups is 1. The molecule has 6 nitrogen and oxygen atoms in total. The summed E-state index contributed by atoms with van der Waals surface area (Å²) in [7, 11) is 0. The average Bonchev–Trinajstić information content (AvgIpc) is 3.18. The van der Waals surface area contributed by atoms with Gasteiger partial charge < -0.3 is 9.84 Å². The monoisotopic (exact) mass is 274 g/mol. The van der Waals surface area contributed by atoms with Gasteiger partial charge >= 0.3 is 5.69 Å². The number of nitrogens with one attached hydrogen (secondary N) is 1. The largest absolute Gasteiger partial charge is 0.392 e. The Balaban J connectivity index is 1.98. The van der Waals surface area contributed by atoms with Gasteiger partial charge in [0.15, 0.2) is 11.8 Å². The number of hydrogen-bond donors (Lipinski definition) is 2. The quantitative estimate of drug-likeness (QED) is 0.593. The van der Waals surface area contributed by atoms with Crippen molar-refractivity contribution in [2.24, 2.45) is 0 Å². The Kier molecular flexibility index (Phi) is 2.89. The fourth-order valence-electron chi connectivity index (χ4n) is 2.27. The van der Waals surface area contributed by atoms with Gasteiger partial charge in [-0.15, -0.1) is 6.42 Å². The Morgan fingerprint density at radius 1 is 1.55 bits per heavy atom. The van der Waals surface area contributed by atoms with Gasteiger partial charge in [0.1, 0.15) is 0 Å². The van der Waals surface area contributed by atoms with Crippen LogP contribution < -0.4 is 11.2 Å². The number of aromatic nitrogens is 2. The zero-order valence-electron chi connectivity index (χ0n) is 10.7. The molecule has 0 unspecified atom stereocenters. The molecule has 0 bridgehead atoms. The highest BCUT2D eigenvalue weighted by molar-refractivity contribution is 5.25. The number of hydrogen-bond acceptors (Lipinski definition) is 4. The fourth-order valence-corrected chi connectivity index (χ4v) is 2.27. The molecule has 1 saturated carbocycles. The van der Waals surface area contributed by atoms with Crippen LogP contribution in [-0.4, -0.2) is 26.9 Å². The topological polar surface area (TPSA) is 84.3 Å². The Bertz CT molecular complexity index is 720. The minimum Gasteiger partial charge on any atom is -0.392 e. The van der Waals surface area contributed by atoms with Crippen molar-refractivity contribution in [1.29, 1.82) is 0 Å². The van der Waals surface area contributed by atoms with E-state index in [1.807, 2.05) is 0 Å². The van der Waals surface area contributed by atoms with E-state index in [1.165, 1.54) is 10.8 Å². The highest BCUT2D eigenvalue weighted by atomic mass is 16.5. The van der Waals surface area contributed by atoms with Gasteiger partial charge in [0.25, 0.3) is 5.56 Å². The first-order valence-corrected chi connectivity index (χ1v) is 6.40. The predicted octanol–water partition coefficient (Wildman–Crippen LogP) is -0.137. The summed E-state index contributed by atoms with van der Waals surface area (Å²) >= 11 is 0. The number of aromatic amines is 1. The summed E-state index contributed by atoms with van der Waals surface area (Å²) < 4.78 is 6.84. The van der Waals surface area contributed by atoms with Crippen LogP contribution in [0.15, 0.2) is 27.9 Å². The molecule has 6 heteroatoms.